The maximum atomic E-state index is 5.15. The van der Waals surface area contributed by atoms with Crippen LogP contribution in [0.5, 0.6) is 0 Å². The molecule has 1 aliphatic heterocycles. The number of hydrogen-bond donors (Lipinski definition) is 1. The molecule has 1 saturated heterocycles. The molecule has 0 aromatic heterocycles. The summed E-state index contributed by atoms with van der Waals surface area (Å²) in [5, 5.41) is 6.54. The van der Waals surface area contributed by atoms with Gasteiger partial charge in [-0.25, -0.2) is 16.7 Å². The predicted molar refractivity (Wildman–Crippen MR) is 163 cm³/mol. The Morgan fingerprint density at radius 2 is 1.35 bits per heavy atom. The van der Waals surface area contributed by atoms with Crippen molar-refractivity contribution >= 4 is 60.4 Å². The van der Waals surface area contributed by atoms with E-state index >= 15 is 0 Å². The van der Waals surface area contributed by atoms with Gasteiger partial charge in [-0.15, -0.1) is 0 Å². The van der Waals surface area contributed by atoms with Crippen LogP contribution in [0.4, 0.5) is 5.69 Å². The Labute approximate surface area is 241 Å². The number of rotatable bonds is 4. The Bertz CT molecular complexity index is 1020. The summed E-state index contributed by atoms with van der Waals surface area (Å²) in [6.07, 6.45) is 2.38. The van der Waals surface area contributed by atoms with E-state index in [1.165, 1.54) is 28.2 Å². The Kier molecular flexibility index (Phi) is 14.6. The zero-order valence-electron chi connectivity index (χ0n) is 22.1. The van der Waals surface area contributed by atoms with Crippen molar-refractivity contribution in [3.05, 3.63) is 96.6 Å². The van der Waals surface area contributed by atoms with Gasteiger partial charge in [0, 0.05) is 12.0 Å². The van der Waals surface area contributed by atoms with Gasteiger partial charge in [0.1, 0.15) is 16.4 Å². The summed E-state index contributed by atoms with van der Waals surface area (Å²) in [4.78, 5) is 5.15. The van der Waals surface area contributed by atoms with Gasteiger partial charge in [-0.05, 0) is 49.2 Å². The molecule has 1 N–H and O–H groups in total. The molecule has 4 rings (SSSR count). The zero-order chi connectivity index (χ0) is 27.3. The molecular weight excluding hydrogens is 582 g/mol. The first kappa shape index (κ1) is 32.1. The van der Waals surface area contributed by atoms with Crippen LogP contribution in [0.1, 0.15) is 44.7 Å². The van der Waals surface area contributed by atoms with Crippen LogP contribution >= 0.6 is 38.2 Å². The van der Waals surface area contributed by atoms with Crippen LogP contribution in [0.25, 0.3) is 0 Å². The number of para-hydroxylation sites is 1. The molecule has 0 unspecified atom stereocenters. The number of amidine groups is 1. The van der Waals surface area contributed by atoms with Crippen LogP contribution < -0.4 is 15.7 Å². The van der Waals surface area contributed by atoms with Gasteiger partial charge in [0.05, 0.1) is 5.69 Å². The molecule has 200 valence electrons. The number of halogens is 3. The van der Waals surface area contributed by atoms with Gasteiger partial charge < -0.3 is 4.74 Å². The number of ether oxygens (including phenoxy) is 1. The summed E-state index contributed by atoms with van der Waals surface area (Å²) in [6.45, 7) is 13.7. The molecule has 0 amide bonds. The molecule has 0 radical (unpaired) electrons. The molecule has 0 saturated carbocycles. The number of benzene rings is 3. The van der Waals surface area contributed by atoms with E-state index in [1.807, 2.05) is 6.61 Å². The molecule has 0 atom stereocenters. The van der Waals surface area contributed by atoms with Crippen LogP contribution in [0, 0.1) is 25.9 Å². The Balaban J connectivity index is 0.000000454. The maximum absolute atomic E-state index is 5.15. The van der Waals surface area contributed by atoms with E-state index in [0.29, 0.717) is 0 Å². The Morgan fingerprint density at radius 1 is 0.865 bits per heavy atom. The van der Waals surface area contributed by atoms with Crippen molar-refractivity contribution in [1.82, 2.24) is 5.09 Å². The molecule has 8 heteroatoms. The van der Waals surface area contributed by atoms with Crippen molar-refractivity contribution in [1.29, 1.82) is 0 Å². The predicted octanol–water partition coefficient (Wildman–Crippen LogP) is 8.77. The van der Waals surface area contributed by atoms with Crippen molar-refractivity contribution < 1.29 is 16.1 Å². The van der Waals surface area contributed by atoms with E-state index in [0.717, 1.165) is 24.6 Å². The Morgan fingerprint density at radius 3 is 1.70 bits per heavy atom. The van der Waals surface area contributed by atoms with Gasteiger partial charge in [-0.2, -0.15) is 6.42 Å². The third-order valence-electron chi connectivity index (χ3n) is 5.44. The number of nitrogens with one attached hydrogen (secondary N) is 1. The standard InChI is InChI=1S/C25H29N2P.C4H7O.3ClH.Cr/c1-19-13-12-14-20(2)23(19)26-24(25(3,4)5)27-28(21-15-8-6-9-16-21)22-17-10-7-11-18-22;1-2-4-5-3-1;;;;/h6-18H,1-5H3,(H,26,27);3H,1-2,4H2;3*1H;/q;-1;;;;+4/p-2. The van der Waals surface area contributed by atoms with Crippen LogP contribution in [0.2, 0.25) is 0 Å². The van der Waals surface area contributed by atoms with E-state index in [9.17, 15) is 0 Å². The molecule has 3 nitrogen and oxygen atoms in total. The van der Waals surface area contributed by atoms with Crippen molar-refractivity contribution in [2.75, 3.05) is 6.61 Å². The van der Waals surface area contributed by atoms with Crippen molar-refractivity contribution in [2.24, 2.45) is 10.4 Å². The molecule has 37 heavy (non-hydrogen) atoms. The summed E-state index contributed by atoms with van der Waals surface area (Å²) < 4.78 is 4.82. The number of aryl methyl sites for hydroxylation is 2. The van der Waals surface area contributed by atoms with Gasteiger partial charge in [0.15, 0.2) is 8.07 Å². The fourth-order valence-corrected chi connectivity index (χ4v) is 5.87. The van der Waals surface area contributed by atoms with E-state index in [4.69, 9.17) is 39.9 Å². The van der Waals surface area contributed by atoms with E-state index in [2.05, 4.69) is 119 Å². The topological polar surface area (TPSA) is 33.6 Å². The van der Waals surface area contributed by atoms with Crippen LogP contribution in [-0.4, -0.2) is 12.4 Å². The normalized spacial score (nSPS) is 13.5. The number of nitrogens with zero attached hydrogens (tertiary/aromatic N) is 1. The van der Waals surface area contributed by atoms with Crippen LogP contribution in [0.3, 0.4) is 0 Å². The molecule has 0 bridgehead atoms. The van der Waals surface area contributed by atoms with Gasteiger partial charge in [-0.3, -0.25) is 0 Å². The van der Waals surface area contributed by atoms with Crippen molar-refractivity contribution in [3.8, 4) is 0 Å². The first-order valence-corrected chi connectivity index (χ1v) is 18.9. The van der Waals surface area contributed by atoms with Crippen LogP contribution in [0.15, 0.2) is 83.9 Å². The second kappa shape index (κ2) is 16.8. The summed E-state index contributed by atoms with van der Waals surface area (Å²) >= 11 is -1.62. The number of aliphatic imine (C=N–C) groups is 1. The van der Waals surface area contributed by atoms with Crippen molar-refractivity contribution in [3.63, 3.8) is 0 Å². The molecule has 0 aliphatic carbocycles. The van der Waals surface area contributed by atoms with Crippen LogP contribution in [-0.2, 0) is 16.1 Å². The first-order valence-electron chi connectivity index (χ1n) is 12.2. The van der Waals surface area contributed by atoms with E-state index in [-0.39, 0.29) is 5.41 Å². The molecule has 3 aromatic carbocycles. The molecule has 1 heterocycles. The molecule has 1 fully saturated rings. The molecule has 0 spiro atoms. The van der Waals surface area contributed by atoms with Gasteiger partial charge >= 0.3 is 41.5 Å². The summed E-state index contributed by atoms with van der Waals surface area (Å²) in [7, 11) is 13.6. The summed E-state index contributed by atoms with van der Waals surface area (Å²) in [5.74, 6) is 1.03. The number of hydrogen-bond acceptors (Lipinski definition) is 2. The van der Waals surface area contributed by atoms with Gasteiger partial charge in [-0.1, -0.05) is 81.8 Å². The van der Waals surface area contributed by atoms with Gasteiger partial charge in [0.25, 0.3) is 0 Å². The van der Waals surface area contributed by atoms with Gasteiger partial charge in [0.2, 0.25) is 0 Å². The third kappa shape index (κ3) is 12.1. The fraction of sp³-hybridized carbons (Fsp3) is 0.310. The molecule has 3 aromatic rings. The summed E-state index contributed by atoms with van der Waals surface area (Å²) in [5.41, 5.74) is 3.39. The summed E-state index contributed by atoms with van der Waals surface area (Å²) in [6, 6.07) is 27.8. The third-order valence-corrected chi connectivity index (χ3v) is 7.75. The molecular formula is C29H37Cl3CrN2OP+. The SMILES string of the molecule is Cc1cccc(C)c1N=C(N[PH+](c1ccccc1)c1ccccc1)C(C)(C)C.[CH-]1CCCO1.[Cl][Cr+]([Cl])[Cl]. The van der Waals surface area contributed by atoms with Crippen molar-refractivity contribution in [2.45, 2.75) is 47.5 Å². The Hall–Kier alpha value is -1.08. The minimum atomic E-state index is -1.62. The average Bonchev–Trinajstić information content (AvgIpc) is 3.44. The van der Waals surface area contributed by atoms with E-state index in [1.54, 1.807) is 0 Å². The monoisotopic (exact) mass is 617 g/mol. The zero-order valence-corrected chi connectivity index (χ0v) is 26.6. The second-order valence-electron chi connectivity index (χ2n) is 9.54. The first-order chi connectivity index (χ1) is 17.6. The molecule has 1 aliphatic rings. The van der Waals surface area contributed by atoms with E-state index < -0.39 is 19.5 Å². The quantitative estimate of drug-likeness (QED) is 0.137. The second-order valence-corrected chi connectivity index (χ2v) is 18.0. The average molecular weight is 619 g/mol. The fourth-order valence-electron chi connectivity index (χ4n) is 3.53. The minimum absolute atomic E-state index is 0.0891.